The molecule has 0 bridgehead atoms. The summed E-state index contributed by atoms with van der Waals surface area (Å²) in [7, 11) is 0. The molecule has 0 aromatic heterocycles. The third-order valence-corrected chi connectivity index (χ3v) is 1.64. The Labute approximate surface area is 108 Å². The monoisotopic (exact) mass is 271 g/mol. The van der Waals surface area contributed by atoms with Gasteiger partial charge in [0.05, 0.1) is 6.61 Å². The molecule has 0 amide bonds. The second-order valence-corrected chi connectivity index (χ2v) is 3.03. The molecule has 1 rings (SSSR count). The number of nitrogens with zero attached hydrogens (tertiary/aromatic N) is 3. The summed E-state index contributed by atoms with van der Waals surface area (Å²) in [5, 5.41) is 18.1. The van der Waals surface area contributed by atoms with Crippen molar-refractivity contribution >= 4 is 11.7 Å². The molecule has 1 aromatic carbocycles. The van der Waals surface area contributed by atoms with Gasteiger partial charge in [-0.15, -0.1) is 0 Å². The number of ether oxygens (including phenoxy) is 1. The normalized spacial score (nSPS) is 8.74. The number of hydrazine groups is 2. The van der Waals surface area contributed by atoms with Gasteiger partial charge in [0.15, 0.2) is 10.8 Å². The number of rotatable bonds is 4. The van der Waals surface area contributed by atoms with Gasteiger partial charge < -0.3 is 4.74 Å². The van der Waals surface area contributed by atoms with Gasteiger partial charge in [-0.3, -0.25) is 4.79 Å². The summed E-state index contributed by atoms with van der Waals surface area (Å²) in [5.74, 6) is -0.211. The minimum Gasteiger partial charge on any atom is -0.466 e. The van der Waals surface area contributed by atoms with Crippen LogP contribution < -0.4 is 5.12 Å². The predicted molar refractivity (Wildman–Crippen MR) is 65.2 cm³/mol. The second kappa shape index (κ2) is 8.39. The lowest BCUT2D eigenvalue weighted by atomic mass is 10.3. The van der Waals surface area contributed by atoms with Gasteiger partial charge in [0.1, 0.15) is 0 Å². The van der Waals surface area contributed by atoms with Crippen molar-refractivity contribution in [1.29, 1.82) is 0 Å². The molecule has 0 saturated carbocycles. The predicted octanol–water partition coefficient (Wildman–Crippen LogP) is 1.45. The molecule has 0 spiro atoms. The van der Waals surface area contributed by atoms with E-state index in [0.717, 1.165) is 0 Å². The molecule has 9 nitrogen and oxygen atoms in total. The van der Waals surface area contributed by atoms with Gasteiger partial charge in [-0.1, -0.05) is 18.2 Å². The molecule has 0 aliphatic carbocycles. The number of esters is 1. The van der Waals surface area contributed by atoms with Crippen LogP contribution in [0.1, 0.15) is 13.8 Å². The van der Waals surface area contributed by atoms with Crippen molar-refractivity contribution < 1.29 is 19.6 Å². The summed E-state index contributed by atoms with van der Waals surface area (Å²) >= 11 is 0. The number of benzene rings is 1. The van der Waals surface area contributed by atoms with Crippen LogP contribution >= 0.6 is 0 Å². The van der Waals surface area contributed by atoms with E-state index < -0.39 is 10.1 Å². The maximum atomic E-state index is 10.2. The van der Waals surface area contributed by atoms with E-state index >= 15 is 0 Å². The summed E-state index contributed by atoms with van der Waals surface area (Å²) < 4.78 is 4.40. The fourth-order valence-electron chi connectivity index (χ4n) is 1.01. The van der Waals surface area contributed by atoms with E-state index in [-0.39, 0.29) is 16.8 Å². The second-order valence-electron chi connectivity index (χ2n) is 3.03. The molecular formula is C10H13N3O6. The zero-order chi connectivity index (χ0) is 14.8. The van der Waals surface area contributed by atoms with Gasteiger partial charge in [-0.2, -0.15) is 0 Å². The summed E-state index contributed by atoms with van der Waals surface area (Å²) in [6, 6.07) is 7.14. The van der Waals surface area contributed by atoms with Crippen LogP contribution in [0, 0.1) is 20.2 Å². The summed E-state index contributed by atoms with van der Waals surface area (Å²) in [6.45, 7) is 3.65. The number of carbonyl (C=O) groups excluding carboxylic acids is 1. The Hall–Kier alpha value is -2.71. The molecule has 0 radical (unpaired) electrons. The molecule has 0 aliphatic heterocycles. The van der Waals surface area contributed by atoms with Gasteiger partial charge in [-0.05, 0) is 19.1 Å². The Kier molecular flexibility index (Phi) is 7.19. The topological polar surface area (TPSA) is 116 Å². The highest BCUT2D eigenvalue weighted by Gasteiger charge is 2.29. The molecule has 19 heavy (non-hydrogen) atoms. The number of anilines is 1. The summed E-state index contributed by atoms with van der Waals surface area (Å²) in [4.78, 5) is 30.3. The number of nitro groups is 2. The standard InChI is InChI=1S/C6H5N3O4.C4H8O2/c10-8(11)7(9(12)13)6-4-2-1-3-5-6;1-3-6-4(2)5/h1-5H;3H2,1-2H3. The Morgan fingerprint density at radius 3 is 1.95 bits per heavy atom. The molecule has 0 unspecified atom stereocenters. The SMILES string of the molecule is CCOC(C)=O.O=[N+]([O-])N(c1ccccc1)[N+](=O)[O-]. The molecular weight excluding hydrogens is 258 g/mol. The summed E-state index contributed by atoms with van der Waals surface area (Å²) in [6.07, 6.45) is 0. The highest BCUT2D eigenvalue weighted by atomic mass is 16.8. The lowest BCUT2D eigenvalue weighted by Crippen LogP contribution is -2.35. The highest BCUT2D eigenvalue weighted by molar-refractivity contribution is 5.65. The zero-order valence-corrected chi connectivity index (χ0v) is 10.4. The van der Waals surface area contributed by atoms with E-state index in [4.69, 9.17) is 0 Å². The number of carbonyl (C=O) groups is 1. The molecule has 0 saturated heterocycles. The van der Waals surface area contributed by atoms with Gasteiger partial charge in [0.25, 0.3) is 0 Å². The first-order chi connectivity index (χ1) is 8.90. The van der Waals surface area contributed by atoms with E-state index in [2.05, 4.69) is 4.74 Å². The Bertz CT molecular complexity index is 422. The molecule has 0 heterocycles. The Balaban J connectivity index is 0.000000459. The van der Waals surface area contributed by atoms with E-state index in [1.807, 2.05) is 0 Å². The lowest BCUT2D eigenvalue weighted by Gasteiger charge is -2.01. The maximum Gasteiger partial charge on any atom is 0.302 e. The van der Waals surface area contributed by atoms with E-state index in [1.165, 1.54) is 31.2 Å². The van der Waals surface area contributed by atoms with Crippen molar-refractivity contribution in [2.24, 2.45) is 0 Å². The average molecular weight is 271 g/mol. The van der Waals surface area contributed by atoms with Crippen molar-refractivity contribution in [1.82, 2.24) is 0 Å². The minimum absolute atomic E-state index is 0.0856. The molecule has 0 atom stereocenters. The first kappa shape index (κ1) is 16.3. The van der Waals surface area contributed by atoms with E-state index in [1.54, 1.807) is 13.0 Å². The summed E-state index contributed by atoms with van der Waals surface area (Å²) in [5.41, 5.74) is -0.0856. The minimum atomic E-state index is -1.09. The fraction of sp³-hybridized carbons (Fsp3) is 0.300. The van der Waals surface area contributed by atoms with Crippen LogP contribution in [0.5, 0.6) is 0 Å². The smallest absolute Gasteiger partial charge is 0.302 e. The van der Waals surface area contributed by atoms with Crippen LogP contribution in [0.2, 0.25) is 0 Å². The van der Waals surface area contributed by atoms with Crippen LogP contribution in [-0.2, 0) is 9.53 Å². The lowest BCUT2D eigenvalue weighted by molar-refractivity contribution is -0.711. The van der Waals surface area contributed by atoms with Crippen LogP contribution in [0.15, 0.2) is 30.3 Å². The highest BCUT2D eigenvalue weighted by Crippen LogP contribution is 2.12. The van der Waals surface area contributed by atoms with Crippen LogP contribution in [-0.4, -0.2) is 22.6 Å². The van der Waals surface area contributed by atoms with E-state index in [0.29, 0.717) is 6.61 Å². The molecule has 9 heteroatoms. The van der Waals surface area contributed by atoms with Gasteiger partial charge in [-0.25, -0.2) is 20.2 Å². The fourth-order valence-corrected chi connectivity index (χ4v) is 1.01. The molecule has 0 N–H and O–H groups in total. The van der Waals surface area contributed by atoms with Crippen LogP contribution in [0.25, 0.3) is 0 Å². The van der Waals surface area contributed by atoms with Gasteiger partial charge in [0.2, 0.25) is 10.1 Å². The van der Waals surface area contributed by atoms with Crippen molar-refractivity contribution in [3.63, 3.8) is 0 Å². The van der Waals surface area contributed by atoms with Crippen molar-refractivity contribution in [2.45, 2.75) is 13.8 Å². The number of hydrogen-bond acceptors (Lipinski definition) is 6. The van der Waals surface area contributed by atoms with Crippen LogP contribution in [0.3, 0.4) is 0 Å². The largest absolute Gasteiger partial charge is 0.466 e. The van der Waals surface area contributed by atoms with Crippen molar-refractivity contribution in [2.75, 3.05) is 11.7 Å². The third kappa shape index (κ3) is 6.56. The maximum absolute atomic E-state index is 10.2. The number of para-hydroxylation sites is 1. The van der Waals surface area contributed by atoms with Crippen molar-refractivity contribution in [3.05, 3.63) is 50.6 Å². The third-order valence-electron chi connectivity index (χ3n) is 1.64. The first-order valence-electron chi connectivity index (χ1n) is 5.17. The Morgan fingerprint density at radius 1 is 1.21 bits per heavy atom. The Morgan fingerprint density at radius 2 is 1.68 bits per heavy atom. The molecule has 104 valence electrons. The molecule has 1 aromatic rings. The number of hydrogen-bond donors (Lipinski definition) is 0. The van der Waals surface area contributed by atoms with Crippen molar-refractivity contribution in [3.8, 4) is 0 Å². The average Bonchev–Trinajstić information content (AvgIpc) is 2.29. The zero-order valence-electron chi connectivity index (χ0n) is 10.4. The van der Waals surface area contributed by atoms with Crippen LogP contribution in [0.4, 0.5) is 5.69 Å². The molecule has 0 aliphatic rings. The molecule has 0 fully saturated rings. The van der Waals surface area contributed by atoms with E-state index in [9.17, 15) is 25.0 Å². The first-order valence-corrected chi connectivity index (χ1v) is 5.17. The van der Waals surface area contributed by atoms with Gasteiger partial charge >= 0.3 is 5.97 Å². The van der Waals surface area contributed by atoms with Gasteiger partial charge in [0, 0.05) is 6.92 Å². The quantitative estimate of drug-likeness (QED) is 0.462.